The summed E-state index contributed by atoms with van der Waals surface area (Å²) in [6, 6.07) is 92.9. The number of benzene rings is 14. The van der Waals surface area contributed by atoms with E-state index in [1.165, 1.54) is 0 Å². The number of thiazole rings is 2. The average Bonchev–Trinajstić information content (AvgIpc) is 1.61. The first kappa shape index (κ1) is 76.0. The van der Waals surface area contributed by atoms with Gasteiger partial charge in [0.05, 0.1) is 27.2 Å². The molecule has 6 aromatic heterocycles. The van der Waals surface area contributed by atoms with E-state index in [1.54, 1.807) is 35.1 Å². The fourth-order valence-electron chi connectivity index (χ4n) is 16.1. The van der Waals surface area contributed by atoms with Crippen LogP contribution in [0, 0.1) is 6.07 Å². The van der Waals surface area contributed by atoms with E-state index in [9.17, 15) is 10.2 Å². The predicted molar refractivity (Wildman–Crippen MR) is 485 cm³/mol. The van der Waals surface area contributed by atoms with E-state index in [-0.39, 0.29) is 54.2 Å². The molecule has 0 aliphatic carbocycles. The van der Waals surface area contributed by atoms with Gasteiger partial charge < -0.3 is 27.9 Å². The Morgan fingerprint density at radius 1 is 0.333 bits per heavy atom. The Balaban J connectivity index is 0.000000160. The Labute approximate surface area is 700 Å². The number of aliphatic imine (C=N–C) groups is 2. The number of aromatic nitrogens is 2. The predicted octanol–water partition coefficient (Wildman–Crippen LogP) is 30.1. The summed E-state index contributed by atoms with van der Waals surface area (Å²) in [4.78, 5) is 20.9. The number of fused-ring (bicyclic) bond motifs is 14. The standard InChI is InChI=1S/C52H42N2O3S.C52H41N2O3S.Pt/c2*1-51(2,3)32-25-31(47(55)41(28-32)52(4,5)6)29-53-42-22-10-7-17-39(42)50-54-46-40(38-21-14-20-37-35-16-9-12-24-44(35)57-49(37)38)26-30(27-45(46)58-50)33-18-13-19-36-34-15-8-11-23-43(34)56-48(33)36;/h7-29,55H,1-6H3;7-20,22-29,55H,1-6H3;/q;-1;. The van der Waals surface area contributed by atoms with Gasteiger partial charge in [-0.05, 0) is 123 Å². The third kappa shape index (κ3) is 13.7. The number of para-hydroxylation sites is 9. The van der Waals surface area contributed by atoms with Crippen LogP contribution < -0.4 is 0 Å². The molecule has 20 aromatic rings. The number of phenols is 2. The Morgan fingerprint density at radius 2 is 0.675 bits per heavy atom. The summed E-state index contributed by atoms with van der Waals surface area (Å²) in [6.45, 7) is 25.9. The second kappa shape index (κ2) is 29.1. The molecule has 0 bridgehead atoms. The quantitative estimate of drug-likeness (QED) is 0.102. The largest absolute Gasteiger partial charge is 0.507 e. The first-order chi connectivity index (χ1) is 55.8. The molecular weight excluding hydrogens is 1660 g/mol. The van der Waals surface area contributed by atoms with E-state index in [0.29, 0.717) is 11.1 Å². The first-order valence-corrected chi connectivity index (χ1v) is 40.9. The molecule has 0 atom stereocenters. The van der Waals surface area contributed by atoms with Crippen LogP contribution in [0.15, 0.2) is 289 Å². The Morgan fingerprint density at radius 3 is 1.09 bits per heavy atom. The van der Waals surface area contributed by atoms with Crippen LogP contribution in [-0.2, 0) is 42.7 Å². The summed E-state index contributed by atoms with van der Waals surface area (Å²) in [5.74, 6) is 0.521. The van der Waals surface area contributed by atoms with Crippen LogP contribution in [0.4, 0.5) is 11.4 Å². The van der Waals surface area contributed by atoms with Gasteiger partial charge in [0.1, 0.15) is 60.6 Å². The van der Waals surface area contributed by atoms with Gasteiger partial charge >= 0.3 is 0 Å². The summed E-state index contributed by atoms with van der Waals surface area (Å²) >= 11 is 3.27. The van der Waals surface area contributed by atoms with Crippen LogP contribution in [0.2, 0.25) is 0 Å². The van der Waals surface area contributed by atoms with E-state index < -0.39 is 0 Å². The molecular formula is C104H83N4O6PtS2-. The van der Waals surface area contributed by atoms with Crippen molar-refractivity contribution in [3.63, 3.8) is 0 Å². The fraction of sp³-hybridized carbons (Fsp3) is 0.154. The Hall–Kier alpha value is -12.3. The minimum Gasteiger partial charge on any atom is -0.507 e. The zero-order chi connectivity index (χ0) is 79.8. The van der Waals surface area contributed by atoms with E-state index in [2.05, 4.69) is 247 Å². The number of hydrogen-bond donors (Lipinski definition) is 2. The molecule has 0 spiro atoms. The molecule has 0 saturated carbocycles. The number of aromatic hydroxyl groups is 2. The van der Waals surface area contributed by atoms with Crippen LogP contribution in [0.25, 0.3) is 174 Å². The SMILES string of the molecule is CC(C)(C)c1cc(C=Nc2ccccc2-c2nc3c(-c4[c-]ccc5c4oc4ccccc45)cc(-c4cccc5c4oc4ccccc45)cc3s2)c(O)c(C(C)(C)C)c1.CC(C)(C)c1cc(C=Nc2ccccc2-c2nc3c(-c4cccc5c4oc4ccccc45)cc(-c4cccc5c4oc4ccccc45)cc3s2)c(O)c(C(C)(C)C)c1.[Pt]. The zero-order valence-corrected chi connectivity index (χ0v) is 70.8. The molecule has 6 heterocycles. The molecule has 0 fully saturated rings. The number of furan rings is 4. The molecule has 0 unspecified atom stereocenters. The second-order valence-electron chi connectivity index (χ2n) is 34.3. The smallest absolute Gasteiger partial charge is 0.143 e. The molecule has 0 radical (unpaired) electrons. The van der Waals surface area contributed by atoms with E-state index in [4.69, 9.17) is 37.6 Å². The molecule has 0 aliphatic rings. The average molecular weight is 1740 g/mol. The summed E-state index contributed by atoms with van der Waals surface area (Å²) in [5, 5.41) is 33.4. The normalized spacial score (nSPS) is 12.5. The van der Waals surface area contributed by atoms with Crippen molar-refractivity contribution in [3.8, 4) is 77.1 Å². The van der Waals surface area contributed by atoms with Crippen molar-refractivity contribution in [1.82, 2.24) is 9.97 Å². The monoisotopic (exact) mass is 1740 g/mol. The van der Waals surface area contributed by atoms with Crippen molar-refractivity contribution >= 4 is 155 Å². The van der Waals surface area contributed by atoms with Gasteiger partial charge in [0.25, 0.3) is 0 Å². The van der Waals surface area contributed by atoms with Crippen molar-refractivity contribution in [3.05, 3.63) is 300 Å². The third-order valence-corrected chi connectivity index (χ3v) is 24.4. The summed E-state index contributed by atoms with van der Waals surface area (Å²) < 4.78 is 28.3. The van der Waals surface area contributed by atoms with Crippen molar-refractivity contribution in [2.75, 3.05) is 0 Å². The van der Waals surface area contributed by atoms with E-state index in [1.807, 2.05) is 103 Å². The van der Waals surface area contributed by atoms with Crippen LogP contribution in [0.1, 0.15) is 116 Å². The van der Waals surface area contributed by atoms with Gasteiger partial charge in [-0.25, -0.2) is 9.97 Å². The summed E-state index contributed by atoms with van der Waals surface area (Å²) in [6.07, 6.45) is 3.59. The Bertz CT molecular complexity index is 7000. The van der Waals surface area contributed by atoms with E-state index in [0.717, 1.165) is 207 Å². The van der Waals surface area contributed by atoms with E-state index >= 15 is 0 Å². The van der Waals surface area contributed by atoms with Gasteiger partial charge in [-0.15, -0.1) is 40.9 Å². The maximum atomic E-state index is 11.5. The zero-order valence-electron chi connectivity index (χ0n) is 66.9. The number of hydrogen-bond acceptors (Lipinski definition) is 12. The van der Waals surface area contributed by atoms with Crippen molar-refractivity contribution in [2.24, 2.45) is 9.98 Å². The molecule has 13 heteroatoms. The maximum absolute atomic E-state index is 11.5. The molecule has 0 aliphatic heterocycles. The topological polar surface area (TPSA) is 144 Å². The molecule has 14 aromatic carbocycles. The Kier molecular flexibility index (Phi) is 18.9. The van der Waals surface area contributed by atoms with Gasteiger partial charge in [-0.3, -0.25) is 9.98 Å². The van der Waals surface area contributed by atoms with Crippen molar-refractivity contribution in [2.45, 2.75) is 105 Å². The summed E-state index contributed by atoms with van der Waals surface area (Å²) in [7, 11) is 0. The van der Waals surface area contributed by atoms with Crippen LogP contribution in [-0.4, -0.2) is 32.6 Å². The molecule has 0 saturated heterocycles. The molecule has 10 nitrogen and oxygen atoms in total. The van der Waals surface area contributed by atoms with Crippen LogP contribution in [0.5, 0.6) is 11.5 Å². The number of phenolic OH excluding ortho intramolecular Hbond substituents is 2. The molecule has 117 heavy (non-hydrogen) atoms. The molecule has 20 rings (SSSR count). The number of rotatable bonds is 10. The third-order valence-electron chi connectivity index (χ3n) is 22.3. The van der Waals surface area contributed by atoms with Crippen LogP contribution in [0.3, 0.4) is 0 Å². The van der Waals surface area contributed by atoms with Crippen molar-refractivity contribution < 1.29 is 48.9 Å². The van der Waals surface area contributed by atoms with Gasteiger partial charge in [-0.1, -0.05) is 269 Å². The van der Waals surface area contributed by atoms with Gasteiger partial charge in [-0.2, -0.15) is 0 Å². The minimum atomic E-state index is -0.247. The number of nitrogens with zero attached hydrogens (tertiary/aromatic N) is 4. The minimum absolute atomic E-state index is 0. The first-order valence-electron chi connectivity index (χ1n) is 39.3. The fourth-order valence-corrected chi connectivity index (χ4v) is 18.3. The second-order valence-corrected chi connectivity index (χ2v) is 36.3. The molecule has 2 N–H and O–H groups in total. The van der Waals surface area contributed by atoms with Crippen molar-refractivity contribution in [1.29, 1.82) is 0 Å². The molecule has 578 valence electrons. The van der Waals surface area contributed by atoms with Crippen LogP contribution >= 0.6 is 22.7 Å². The van der Waals surface area contributed by atoms with Gasteiger partial charge in [0, 0.05) is 137 Å². The van der Waals surface area contributed by atoms with Gasteiger partial charge in [0.2, 0.25) is 0 Å². The maximum Gasteiger partial charge on any atom is 0.143 e. The molecule has 0 amide bonds. The van der Waals surface area contributed by atoms with Gasteiger partial charge in [0.15, 0.2) is 0 Å². The summed E-state index contributed by atoms with van der Waals surface area (Å²) in [5.41, 5.74) is 24.4.